The van der Waals surface area contributed by atoms with Crippen LogP contribution in [-0.2, 0) is 14.3 Å². The predicted molar refractivity (Wildman–Crippen MR) is 273 cm³/mol. The molecule has 0 fully saturated rings. The van der Waals surface area contributed by atoms with Crippen LogP contribution in [0.15, 0.2) is 48.6 Å². The van der Waals surface area contributed by atoms with Crippen molar-refractivity contribution in [2.75, 3.05) is 6.61 Å². The summed E-state index contributed by atoms with van der Waals surface area (Å²) in [5.74, 6) is -0.505. The van der Waals surface area contributed by atoms with E-state index in [0.717, 1.165) is 70.6 Å². The lowest BCUT2D eigenvalue weighted by Crippen LogP contribution is -2.46. The van der Waals surface area contributed by atoms with E-state index in [2.05, 4.69) is 74.7 Å². The zero-order valence-corrected chi connectivity index (χ0v) is 42.0. The van der Waals surface area contributed by atoms with Crippen molar-refractivity contribution in [1.29, 1.82) is 0 Å². The van der Waals surface area contributed by atoms with Gasteiger partial charge >= 0.3 is 5.97 Å². The summed E-state index contributed by atoms with van der Waals surface area (Å²) in [6.45, 7) is 6.46. The average molecular weight is 884 g/mol. The molecule has 0 aromatic carbocycles. The number of aliphatic hydroxyl groups excluding tert-OH is 2. The molecule has 0 spiro atoms. The van der Waals surface area contributed by atoms with Crippen LogP contribution >= 0.6 is 0 Å². The van der Waals surface area contributed by atoms with Crippen molar-refractivity contribution in [2.45, 2.75) is 296 Å². The Morgan fingerprint density at radius 3 is 1.27 bits per heavy atom. The topological polar surface area (TPSA) is 95.9 Å². The van der Waals surface area contributed by atoms with E-state index < -0.39 is 18.2 Å². The summed E-state index contributed by atoms with van der Waals surface area (Å²) in [6.07, 6.45) is 61.7. The number of amides is 1. The van der Waals surface area contributed by atoms with E-state index in [1.165, 1.54) is 161 Å². The van der Waals surface area contributed by atoms with Crippen molar-refractivity contribution < 1.29 is 24.5 Å². The van der Waals surface area contributed by atoms with E-state index in [1.807, 2.05) is 0 Å². The molecule has 0 saturated carbocycles. The van der Waals surface area contributed by atoms with E-state index in [9.17, 15) is 19.8 Å². The summed E-state index contributed by atoms with van der Waals surface area (Å²) in [7, 11) is 0. The Morgan fingerprint density at radius 1 is 0.460 bits per heavy atom. The summed E-state index contributed by atoms with van der Waals surface area (Å²) < 4.78 is 5.93. The molecule has 3 unspecified atom stereocenters. The molecule has 0 heterocycles. The predicted octanol–water partition coefficient (Wildman–Crippen LogP) is 16.6. The second-order valence-corrected chi connectivity index (χ2v) is 18.7. The largest absolute Gasteiger partial charge is 0.462 e. The fourth-order valence-electron chi connectivity index (χ4n) is 8.25. The maximum Gasteiger partial charge on any atom is 0.306 e. The van der Waals surface area contributed by atoms with Crippen molar-refractivity contribution in [3.63, 3.8) is 0 Å². The van der Waals surface area contributed by atoms with Gasteiger partial charge in [0.15, 0.2) is 0 Å². The molecule has 368 valence electrons. The van der Waals surface area contributed by atoms with Crippen LogP contribution in [0.3, 0.4) is 0 Å². The molecule has 0 saturated heterocycles. The Hall–Kier alpha value is -2.18. The van der Waals surface area contributed by atoms with E-state index in [4.69, 9.17) is 4.74 Å². The van der Waals surface area contributed by atoms with Gasteiger partial charge in [0.2, 0.25) is 5.91 Å². The van der Waals surface area contributed by atoms with Crippen molar-refractivity contribution in [3.8, 4) is 0 Å². The fraction of sp³-hybridized carbons (Fsp3) is 0.825. The number of carbonyl (C=O) groups is 2. The lowest BCUT2D eigenvalue weighted by molar-refractivity contribution is -0.151. The number of hydrogen-bond donors (Lipinski definition) is 3. The number of nitrogens with one attached hydrogen (secondary N) is 1. The summed E-state index contributed by atoms with van der Waals surface area (Å²) in [5.41, 5.74) is 0. The van der Waals surface area contributed by atoms with Gasteiger partial charge in [0.05, 0.1) is 25.2 Å². The normalized spacial score (nSPS) is 13.5. The number of ether oxygens (including phenoxy) is 1. The van der Waals surface area contributed by atoms with Crippen LogP contribution in [0.2, 0.25) is 0 Å². The zero-order valence-electron chi connectivity index (χ0n) is 42.0. The van der Waals surface area contributed by atoms with Crippen LogP contribution in [0.1, 0.15) is 278 Å². The summed E-state index contributed by atoms with van der Waals surface area (Å²) in [4.78, 5) is 26.2. The molecule has 0 aliphatic carbocycles. The zero-order chi connectivity index (χ0) is 45.9. The number of unbranched alkanes of at least 4 members (excludes halogenated alkanes) is 31. The van der Waals surface area contributed by atoms with E-state index in [0.29, 0.717) is 19.3 Å². The highest BCUT2D eigenvalue weighted by Gasteiger charge is 2.24. The van der Waals surface area contributed by atoms with Gasteiger partial charge in [-0.15, -0.1) is 0 Å². The minimum absolute atomic E-state index is 0.0542. The van der Waals surface area contributed by atoms with Gasteiger partial charge in [0, 0.05) is 6.42 Å². The van der Waals surface area contributed by atoms with Gasteiger partial charge in [-0.25, -0.2) is 0 Å². The Balaban J connectivity index is 4.63. The smallest absolute Gasteiger partial charge is 0.306 e. The maximum atomic E-state index is 13.2. The Bertz CT molecular complexity index is 1080. The van der Waals surface area contributed by atoms with Gasteiger partial charge in [-0.1, -0.05) is 236 Å². The molecule has 0 aliphatic rings. The highest BCUT2D eigenvalue weighted by molar-refractivity contribution is 5.77. The number of rotatable bonds is 49. The van der Waals surface area contributed by atoms with Crippen molar-refractivity contribution >= 4 is 11.9 Å². The highest BCUT2D eigenvalue weighted by Crippen LogP contribution is 2.18. The first-order valence-electron chi connectivity index (χ1n) is 27.4. The van der Waals surface area contributed by atoms with Crippen LogP contribution < -0.4 is 5.32 Å². The SMILES string of the molecule is CCCCCCC/C=C/C=C/C=C/CCCCCC(CC(=O)NC(CO)C(O)CCCCCCCCCCCCC)OC(=O)CCCCCCCCC/C=C/CCCCCCCC. The Kier molecular flexibility index (Phi) is 49.1. The lowest BCUT2D eigenvalue weighted by atomic mass is 10.0. The molecule has 6 heteroatoms. The first-order chi connectivity index (χ1) is 31.0. The van der Waals surface area contributed by atoms with Gasteiger partial charge in [-0.05, 0) is 77.0 Å². The molecule has 3 N–H and O–H groups in total. The molecule has 1 amide bonds. The third-order valence-corrected chi connectivity index (χ3v) is 12.4. The number of allylic oxidation sites excluding steroid dienone is 8. The van der Waals surface area contributed by atoms with Crippen LogP contribution in [0, 0.1) is 0 Å². The van der Waals surface area contributed by atoms with Crippen molar-refractivity contribution in [2.24, 2.45) is 0 Å². The minimum atomic E-state index is -0.797. The summed E-state index contributed by atoms with van der Waals surface area (Å²) >= 11 is 0. The molecule has 0 bridgehead atoms. The molecule has 0 rings (SSSR count). The number of carbonyl (C=O) groups excluding carboxylic acids is 2. The standard InChI is InChI=1S/C57H105NO5/c1-4-7-10-13-16-19-22-24-26-28-30-32-35-38-41-44-47-50-57(62)63-53(48-45-42-39-36-34-31-29-27-25-23-20-17-14-11-8-5-2)51-56(61)58-54(52-59)55(60)49-46-43-40-37-33-21-18-15-12-9-6-3/h23-27,29,31,34,53-55,59-60H,4-22,28,30,32-33,35-52H2,1-3H3,(H,58,61)/b25-23+,26-24+,29-27+,34-31+. The number of hydrogen-bond acceptors (Lipinski definition) is 5. The van der Waals surface area contributed by atoms with Gasteiger partial charge in [0.25, 0.3) is 0 Å². The molecule has 0 radical (unpaired) electrons. The third-order valence-electron chi connectivity index (χ3n) is 12.4. The second kappa shape index (κ2) is 50.8. The number of aliphatic hydroxyl groups is 2. The summed E-state index contributed by atoms with van der Waals surface area (Å²) in [5, 5.41) is 23.8. The average Bonchev–Trinajstić information content (AvgIpc) is 3.28. The maximum absolute atomic E-state index is 13.2. The van der Waals surface area contributed by atoms with Gasteiger partial charge in [-0.2, -0.15) is 0 Å². The van der Waals surface area contributed by atoms with Crippen molar-refractivity contribution in [3.05, 3.63) is 48.6 Å². The molecule has 6 nitrogen and oxygen atoms in total. The van der Waals surface area contributed by atoms with Crippen LogP contribution in [0.5, 0.6) is 0 Å². The quantitative estimate of drug-likeness (QED) is 0.0245. The van der Waals surface area contributed by atoms with Crippen LogP contribution in [0.4, 0.5) is 0 Å². The summed E-state index contributed by atoms with van der Waals surface area (Å²) in [6, 6.07) is -0.713. The Morgan fingerprint density at radius 2 is 0.825 bits per heavy atom. The molecule has 0 aromatic heterocycles. The van der Waals surface area contributed by atoms with Gasteiger partial charge in [-0.3, -0.25) is 9.59 Å². The van der Waals surface area contributed by atoms with E-state index >= 15 is 0 Å². The van der Waals surface area contributed by atoms with E-state index in [1.54, 1.807) is 0 Å². The van der Waals surface area contributed by atoms with Gasteiger partial charge < -0.3 is 20.3 Å². The first kappa shape index (κ1) is 60.8. The fourth-order valence-corrected chi connectivity index (χ4v) is 8.25. The highest BCUT2D eigenvalue weighted by atomic mass is 16.5. The lowest BCUT2D eigenvalue weighted by Gasteiger charge is -2.24. The molecule has 3 atom stereocenters. The van der Waals surface area contributed by atoms with Crippen LogP contribution in [-0.4, -0.2) is 46.9 Å². The minimum Gasteiger partial charge on any atom is -0.462 e. The van der Waals surface area contributed by atoms with E-state index in [-0.39, 0.29) is 24.9 Å². The molecule has 63 heavy (non-hydrogen) atoms. The van der Waals surface area contributed by atoms with Crippen LogP contribution in [0.25, 0.3) is 0 Å². The second-order valence-electron chi connectivity index (χ2n) is 18.7. The molecular weight excluding hydrogens is 779 g/mol. The first-order valence-corrected chi connectivity index (χ1v) is 27.4. The molecule has 0 aliphatic heterocycles. The van der Waals surface area contributed by atoms with Crippen molar-refractivity contribution in [1.82, 2.24) is 5.32 Å². The van der Waals surface area contributed by atoms with Gasteiger partial charge in [0.1, 0.15) is 6.10 Å². The number of esters is 1. The third kappa shape index (κ3) is 46.2. The molecular formula is C57H105NO5. The molecule has 0 aromatic rings. The Labute approximate surface area is 391 Å². The monoisotopic (exact) mass is 884 g/mol.